The van der Waals surface area contributed by atoms with Crippen LogP contribution in [-0.2, 0) is 0 Å². The zero-order chi connectivity index (χ0) is 37.3. The second kappa shape index (κ2) is 14.4. The van der Waals surface area contributed by atoms with Crippen molar-refractivity contribution in [3.8, 4) is 55.8 Å². The van der Waals surface area contributed by atoms with E-state index in [4.69, 9.17) is 4.42 Å². The van der Waals surface area contributed by atoms with Gasteiger partial charge in [0.15, 0.2) is 0 Å². The summed E-state index contributed by atoms with van der Waals surface area (Å²) in [6.45, 7) is 0. The first-order valence-electron chi connectivity index (χ1n) is 19.1. The minimum Gasteiger partial charge on any atom is -0.456 e. The number of benzene rings is 9. The molecule has 0 amide bonds. The van der Waals surface area contributed by atoms with Gasteiger partial charge in [0.2, 0.25) is 0 Å². The summed E-state index contributed by atoms with van der Waals surface area (Å²) in [6.07, 6.45) is 0. The molecular formula is C54H37NO. The summed E-state index contributed by atoms with van der Waals surface area (Å²) in [5.41, 5.74) is 14.8. The molecule has 0 fully saturated rings. The van der Waals surface area contributed by atoms with Crippen LogP contribution in [0.25, 0.3) is 77.6 Å². The molecule has 0 radical (unpaired) electrons. The second-order valence-electron chi connectivity index (χ2n) is 14.1. The Labute approximate surface area is 327 Å². The lowest BCUT2D eigenvalue weighted by atomic mass is 9.89. The molecule has 1 heterocycles. The molecule has 0 N–H and O–H groups in total. The van der Waals surface area contributed by atoms with Crippen LogP contribution in [0.4, 0.5) is 17.1 Å². The minimum absolute atomic E-state index is 0.869. The van der Waals surface area contributed by atoms with Gasteiger partial charge in [-0.3, -0.25) is 0 Å². The van der Waals surface area contributed by atoms with Crippen molar-refractivity contribution >= 4 is 38.8 Å². The predicted molar refractivity (Wildman–Crippen MR) is 236 cm³/mol. The third-order valence-corrected chi connectivity index (χ3v) is 10.7. The highest BCUT2D eigenvalue weighted by Crippen LogP contribution is 2.43. The van der Waals surface area contributed by atoms with Crippen molar-refractivity contribution in [3.05, 3.63) is 224 Å². The van der Waals surface area contributed by atoms with Crippen LogP contribution in [-0.4, -0.2) is 0 Å². The van der Waals surface area contributed by atoms with Gasteiger partial charge in [-0.1, -0.05) is 182 Å². The third-order valence-electron chi connectivity index (χ3n) is 10.7. The maximum atomic E-state index is 6.33. The molecule has 1 aromatic heterocycles. The summed E-state index contributed by atoms with van der Waals surface area (Å²) in [7, 11) is 0. The van der Waals surface area contributed by atoms with Crippen molar-refractivity contribution in [1.29, 1.82) is 0 Å². The molecule has 0 bridgehead atoms. The Bertz CT molecular complexity index is 2920. The maximum absolute atomic E-state index is 6.33. The van der Waals surface area contributed by atoms with Crippen molar-refractivity contribution in [2.75, 3.05) is 4.90 Å². The SMILES string of the molecule is c1ccc(-c2ccccc2-c2ccccc2-c2ccc(N(c3ccc(-c4ccccc4-c4cc5ccccc5o4)cc3)c3cccc4ccccc34)cc2)cc1. The standard InChI is InChI=1S/C54H37NO/c1-2-15-38(16-3-1)45-20-7-10-24-49(45)50-25-11-8-21-46(50)40-29-33-43(34-30-40)55(52-27-14-19-39-17-4-6-23-48(39)52)44-35-31-41(32-36-44)47-22-9-12-26-51(47)54-37-42-18-5-13-28-53(42)56-54/h1-37H. The zero-order valence-corrected chi connectivity index (χ0v) is 30.7. The number of furan rings is 1. The van der Waals surface area contributed by atoms with E-state index < -0.39 is 0 Å². The lowest BCUT2D eigenvalue weighted by molar-refractivity contribution is 0.632. The largest absolute Gasteiger partial charge is 0.456 e. The Kier molecular flexibility index (Phi) is 8.55. The number of para-hydroxylation sites is 1. The van der Waals surface area contributed by atoms with Gasteiger partial charge in [-0.05, 0) is 92.4 Å². The van der Waals surface area contributed by atoms with Crippen molar-refractivity contribution in [3.63, 3.8) is 0 Å². The number of nitrogens with zero attached hydrogens (tertiary/aromatic N) is 1. The Balaban J connectivity index is 1.05. The van der Waals surface area contributed by atoms with Crippen LogP contribution in [0.3, 0.4) is 0 Å². The lowest BCUT2D eigenvalue weighted by Crippen LogP contribution is -2.10. The van der Waals surface area contributed by atoms with Crippen LogP contribution in [0.1, 0.15) is 0 Å². The lowest BCUT2D eigenvalue weighted by Gasteiger charge is -2.27. The smallest absolute Gasteiger partial charge is 0.136 e. The van der Waals surface area contributed by atoms with Crippen molar-refractivity contribution < 1.29 is 4.42 Å². The molecule has 56 heavy (non-hydrogen) atoms. The number of hydrogen-bond donors (Lipinski definition) is 0. The van der Waals surface area contributed by atoms with Gasteiger partial charge in [-0.25, -0.2) is 0 Å². The molecule has 0 atom stereocenters. The monoisotopic (exact) mass is 715 g/mol. The average Bonchev–Trinajstić information content (AvgIpc) is 3.72. The Morgan fingerprint density at radius 2 is 0.750 bits per heavy atom. The molecule has 0 spiro atoms. The highest BCUT2D eigenvalue weighted by Gasteiger charge is 2.18. The predicted octanol–water partition coefficient (Wildman–Crippen LogP) is 15.4. The summed E-state index contributed by atoms with van der Waals surface area (Å²) >= 11 is 0. The topological polar surface area (TPSA) is 16.4 Å². The van der Waals surface area contributed by atoms with E-state index in [1.54, 1.807) is 0 Å². The summed E-state index contributed by atoms with van der Waals surface area (Å²) in [4.78, 5) is 2.37. The number of rotatable bonds is 8. The molecule has 0 unspecified atom stereocenters. The van der Waals surface area contributed by atoms with E-state index in [0.717, 1.165) is 50.5 Å². The summed E-state index contributed by atoms with van der Waals surface area (Å²) in [6, 6.07) is 80.0. The molecule has 2 nitrogen and oxygen atoms in total. The summed E-state index contributed by atoms with van der Waals surface area (Å²) < 4.78 is 6.33. The molecule has 0 saturated heterocycles. The van der Waals surface area contributed by atoms with Gasteiger partial charge < -0.3 is 9.32 Å². The quantitative estimate of drug-likeness (QED) is 0.156. The van der Waals surface area contributed by atoms with Crippen LogP contribution in [0, 0.1) is 0 Å². The molecular weight excluding hydrogens is 679 g/mol. The van der Waals surface area contributed by atoms with Crippen LogP contribution in [0.15, 0.2) is 229 Å². The molecule has 2 heteroatoms. The fraction of sp³-hybridized carbons (Fsp3) is 0. The van der Waals surface area contributed by atoms with E-state index in [9.17, 15) is 0 Å². The molecule has 10 aromatic rings. The Hall–Kier alpha value is -7.42. The van der Waals surface area contributed by atoms with E-state index in [1.807, 2.05) is 18.2 Å². The van der Waals surface area contributed by atoms with Crippen LogP contribution in [0.2, 0.25) is 0 Å². The Morgan fingerprint density at radius 3 is 1.36 bits per heavy atom. The van der Waals surface area contributed by atoms with Gasteiger partial charge in [0.05, 0.1) is 5.69 Å². The van der Waals surface area contributed by atoms with Gasteiger partial charge in [-0.2, -0.15) is 0 Å². The fourth-order valence-electron chi connectivity index (χ4n) is 8.03. The van der Waals surface area contributed by atoms with Crippen LogP contribution < -0.4 is 4.90 Å². The van der Waals surface area contributed by atoms with Gasteiger partial charge >= 0.3 is 0 Å². The van der Waals surface area contributed by atoms with E-state index in [1.165, 1.54) is 44.2 Å². The van der Waals surface area contributed by atoms with Gasteiger partial charge in [0, 0.05) is 27.7 Å². The summed E-state index contributed by atoms with van der Waals surface area (Å²) in [5, 5.41) is 3.50. The van der Waals surface area contributed by atoms with Crippen LogP contribution in [0.5, 0.6) is 0 Å². The molecule has 264 valence electrons. The Morgan fingerprint density at radius 1 is 0.304 bits per heavy atom. The first kappa shape index (κ1) is 33.2. The van der Waals surface area contributed by atoms with Gasteiger partial charge in [0.1, 0.15) is 11.3 Å². The van der Waals surface area contributed by atoms with E-state index in [-0.39, 0.29) is 0 Å². The van der Waals surface area contributed by atoms with Crippen LogP contribution >= 0.6 is 0 Å². The first-order chi connectivity index (χ1) is 27.8. The number of fused-ring (bicyclic) bond motifs is 2. The third kappa shape index (κ3) is 6.14. The number of anilines is 3. The molecule has 0 aliphatic carbocycles. The van der Waals surface area contributed by atoms with Crippen molar-refractivity contribution in [1.82, 2.24) is 0 Å². The molecule has 0 aliphatic rings. The highest BCUT2D eigenvalue weighted by atomic mass is 16.3. The van der Waals surface area contributed by atoms with E-state index in [0.29, 0.717) is 0 Å². The zero-order valence-electron chi connectivity index (χ0n) is 30.7. The maximum Gasteiger partial charge on any atom is 0.136 e. The average molecular weight is 716 g/mol. The highest BCUT2D eigenvalue weighted by molar-refractivity contribution is 6.00. The van der Waals surface area contributed by atoms with Crippen molar-refractivity contribution in [2.24, 2.45) is 0 Å². The molecule has 10 rings (SSSR count). The van der Waals surface area contributed by atoms with Gasteiger partial charge in [-0.15, -0.1) is 0 Å². The number of hydrogen-bond acceptors (Lipinski definition) is 2. The molecule has 0 saturated carbocycles. The fourth-order valence-corrected chi connectivity index (χ4v) is 8.03. The van der Waals surface area contributed by atoms with E-state index in [2.05, 4.69) is 211 Å². The second-order valence-corrected chi connectivity index (χ2v) is 14.1. The molecule has 9 aromatic carbocycles. The van der Waals surface area contributed by atoms with E-state index >= 15 is 0 Å². The molecule has 0 aliphatic heterocycles. The minimum atomic E-state index is 0.869. The van der Waals surface area contributed by atoms with Gasteiger partial charge in [0.25, 0.3) is 0 Å². The normalized spacial score (nSPS) is 11.2. The van der Waals surface area contributed by atoms with Crippen molar-refractivity contribution in [2.45, 2.75) is 0 Å². The summed E-state index contributed by atoms with van der Waals surface area (Å²) in [5.74, 6) is 0.869. The first-order valence-corrected chi connectivity index (χ1v) is 19.1.